The summed E-state index contributed by atoms with van der Waals surface area (Å²) in [5, 5.41) is 0. The first-order chi connectivity index (χ1) is 15.3. The van der Waals surface area contributed by atoms with Crippen molar-refractivity contribution in [2.45, 2.75) is 0 Å². The van der Waals surface area contributed by atoms with Crippen molar-refractivity contribution in [3.05, 3.63) is 134 Å². The summed E-state index contributed by atoms with van der Waals surface area (Å²) in [6.45, 7) is 0. The molecule has 0 saturated carbocycles. The van der Waals surface area contributed by atoms with Crippen molar-refractivity contribution in [2.75, 3.05) is 0 Å². The number of rotatable bonds is 5. The molecule has 0 N–H and O–H groups in total. The maximum absolute atomic E-state index is 5.88. The zero-order valence-electron chi connectivity index (χ0n) is 17.0. The molecular weight excluding hydrogens is 380 g/mol. The van der Waals surface area contributed by atoms with Crippen LogP contribution >= 0.6 is 0 Å². The predicted octanol–water partition coefficient (Wildman–Crippen LogP) is 5.70. The molecule has 3 nitrogen and oxygen atoms in total. The summed E-state index contributed by atoms with van der Waals surface area (Å²) in [7, 11) is 0. The zero-order valence-corrected chi connectivity index (χ0v) is 17.0. The second-order valence-corrected chi connectivity index (χ2v) is 7.23. The molecule has 0 aliphatic heterocycles. The summed E-state index contributed by atoms with van der Waals surface area (Å²) >= 11 is 0. The van der Waals surface area contributed by atoms with Gasteiger partial charge in [0.15, 0.2) is 24.8 Å². The molecule has 3 heteroatoms. The van der Waals surface area contributed by atoms with Crippen molar-refractivity contribution in [2.24, 2.45) is 0 Å². The molecule has 0 amide bonds. The van der Waals surface area contributed by atoms with Gasteiger partial charge in [-0.05, 0) is 35.4 Å². The van der Waals surface area contributed by atoms with E-state index in [2.05, 4.69) is 82.5 Å². The van der Waals surface area contributed by atoms with E-state index in [4.69, 9.17) is 4.74 Å². The van der Waals surface area contributed by atoms with Gasteiger partial charge in [0.2, 0.25) is 11.4 Å². The minimum absolute atomic E-state index is 0.822. The summed E-state index contributed by atoms with van der Waals surface area (Å²) in [5.74, 6) is 1.66. The second-order valence-electron chi connectivity index (χ2n) is 7.23. The van der Waals surface area contributed by atoms with Crippen molar-refractivity contribution in [1.82, 2.24) is 0 Å². The topological polar surface area (TPSA) is 17.0 Å². The summed E-state index contributed by atoms with van der Waals surface area (Å²) in [4.78, 5) is 0. The molecule has 2 aromatic heterocycles. The van der Waals surface area contributed by atoms with Crippen molar-refractivity contribution >= 4 is 0 Å². The molecule has 5 rings (SSSR count). The molecular formula is C28H22N2O+2. The molecule has 31 heavy (non-hydrogen) atoms. The van der Waals surface area contributed by atoms with Crippen LogP contribution in [0.25, 0.3) is 22.5 Å². The second kappa shape index (κ2) is 8.64. The first-order valence-corrected chi connectivity index (χ1v) is 10.3. The van der Waals surface area contributed by atoms with Crippen LogP contribution in [-0.4, -0.2) is 0 Å². The lowest BCUT2D eigenvalue weighted by molar-refractivity contribution is -0.596. The maximum atomic E-state index is 5.88. The van der Waals surface area contributed by atoms with Crippen LogP contribution in [0, 0.1) is 0 Å². The van der Waals surface area contributed by atoms with E-state index in [9.17, 15) is 0 Å². The van der Waals surface area contributed by atoms with Gasteiger partial charge in [0.05, 0.1) is 0 Å². The molecule has 0 fully saturated rings. The Hall–Kier alpha value is -4.24. The molecule has 0 bridgehead atoms. The average molecular weight is 402 g/mol. The molecule has 3 aromatic carbocycles. The minimum Gasteiger partial charge on any atom is -0.457 e. The van der Waals surface area contributed by atoms with Crippen LogP contribution in [0.15, 0.2) is 134 Å². The highest BCUT2D eigenvalue weighted by molar-refractivity contribution is 5.61. The Balaban J connectivity index is 1.31. The average Bonchev–Trinajstić information content (AvgIpc) is 2.86. The smallest absolute Gasteiger partial charge is 0.210 e. The Bertz CT molecular complexity index is 1250. The van der Waals surface area contributed by atoms with Gasteiger partial charge in [-0.15, -0.1) is 0 Å². The molecule has 148 valence electrons. The summed E-state index contributed by atoms with van der Waals surface area (Å²) in [6.07, 6.45) is 8.36. The third-order valence-corrected chi connectivity index (χ3v) is 5.16. The highest BCUT2D eigenvalue weighted by Gasteiger charge is 2.09. The summed E-state index contributed by atoms with van der Waals surface area (Å²) in [6, 6.07) is 36.8. The molecule has 2 heterocycles. The number of hydrogen-bond donors (Lipinski definition) is 0. The molecule has 0 aliphatic rings. The molecule has 5 aromatic rings. The maximum Gasteiger partial charge on any atom is 0.210 e. The van der Waals surface area contributed by atoms with Crippen LogP contribution in [0.5, 0.6) is 11.5 Å². The van der Waals surface area contributed by atoms with E-state index in [1.165, 1.54) is 11.1 Å². The van der Waals surface area contributed by atoms with Crippen LogP contribution in [0.4, 0.5) is 0 Å². The third-order valence-electron chi connectivity index (χ3n) is 5.16. The van der Waals surface area contributed by atoms with Crippen molar-refractivity contribution in [3.63, 3.8) is 0 Å². The van der Waals surface area contributed by atoms with E-state index in [0.29, 0.717) is 0 Å². The standard InChI is InChI=1S/C28H22N2O/c1-3-7-25(8-4-1)29-19-15-23(16-20-29)24-17-21-30(22-18-24)26-11-13-28(14-12-26)31-27-9-5-2-6-10-27/h1-22H/q+2. The minimum atomic E-state index is 0.822. The van der Waals surface area contributed by atoms with E-state index >= 15 is 0 Å². The lowest BCUT2D eigenvalue weighted by Crippen LogP contribution is -2.29. The normalized spacial score (nSPS) is 10.6. The number of ether oxygens (including phenoxy) is 1. The SMILES string of the molecule is c1ccc(Oc2ccc(-[n+]3ccc(-c4cc[n+](-c5ccccc5)cc4)cc3)cc2)cc1. The first kappa shape index (κ1) is 18.8. The van der Waals surface area contributed by atoms with Crippen LogP contribution in [0.2, 0.25) is 0 Å². The van der Waals surface area contributed by atoms with E-state index in [-0.39, 0.29) is 0 Å². The monoisotopic (exact) mass is 402 g/mol. The van der Waals surface area contributed by atoms with Crippen molar-refractivity contribution in [1.29, 1.82) is 0 Å². The Kier molecular flexibility index (Phi) is 5.23. The van der Waals surface area contributed by atoms with Crippen LogP contribution in [-0.2, 0) is 0 Å². The molecule has 0 saturated heterocycles. The largest absolute Gasteiger partial charge is 0.457 e. The predicted molar refractivity (Wildman–Crippen MR) is 121 cm³/mol. The Morgan fingerprint density at radius 2 is 0.806 bits per heavy atom. The highest BCUT2D eigenvalue weighted by atomic mass is 16.5. The summed E-state index contributed by atoms with van der Waals surface area (Å²) < 4.78 is 10.1. The Labute approximate surface area is 182 Å². The number of benzene rings is 3. The van der Waals surface area contributed by atoms with Gasteiger partial charge in [-0.1, -0.05) is 36.4 Å². The fraction of sp³-hybridized carbons (Fsp3) is 0. The number of pyridine rings is 2. The van der Waals surface area contributed by atoms with Gasteiger partial charge < -0.3 is 4.74 Å². The molecule has 0 spiro atoms. The highest BCUT2D eigenvalue weighted by Crippen LogP contribution is 2.21. The lowest BCUT2D eigenvalue weighted by Gasteiger charge is -2.05. The number of para-hydroxylation sites is 2. The number of nitrogens with zero attached hydrogens (tertiary/aromatic N) is 2. The fourth-order valence-corrected chi connectivity index (χ4v) is 3.49. The van der Waals surface area contributed by atoms with Gasteiger partial charge >= 0.3 is 0 Å². The fourth-order valence-electron chi connectivity index (χ4n) is 3.49. The first-order valence-electron chi connectivity index (χ1n) is 10.3. The van der Waals surface area contributed by atoms with Gasteiger partial charge in [-0.25, -0.2) is 0 Å². The van der Waals surface area contributed by atoms with Crippen molar-refractivity contribution in [3.8, 4) is 34.0 Å². The van der Waals surface area contributed by atoms with E-state index in [1.54, 1.807) is 0 Å². The van der Waals surface area contributed by atoms with Gasteiger partial charge in [0, 0.05) is 48.5 Å². The van der Waals surface area contributed by atoms with Gasteiger partial charge in [-0.2, -0.15) is 9.13 Å². The number of aromatic nitrogens is 2. The van der Waals surface area contributed by atoms with Gasteiger partial charge in [-0.3, -0.25) is 0 Å². The van der Waals surface area contributed by atoms with Gasteiger partial charge in [0.25, 0.3) is 0 Å². The van der Waals surface area contributed by atoms with Crippen LogP contribution < -0.4 is 13.9 Å². The zero-order chi connectivity index (χ0) is 20.9. The quantitative estimate of drug-likeness (QED) is 0.345. The lowest BCUT2D eigenvalue weighted by atomic mass is 10.1. The molecule has 0 atom stereocenters. The van der Waals surface area contributed by atoms with Crippen molar-refractivity contribution < 1.29 is 13.9 Å². The Morgan fingerprint density at radius 3 is 1.32 bits per heavy atom. The third kappa shape index (κ3) is 4.36. The van der Waals surface area contributed by atoms with Crippen LogP contribution in [0.1, 0.15) is 0 Å². The summed E-state index contributed by atoms with van der Waals surface area (Å²) in [5.41, 5.74) is 4.60. The van der Waals surface area contributed by atoms with Crippen LogP contribution in [0.3, 0.4) is 0 Å². The Morgan fingerprint density at radius 1 is 0.387 bits per heavy atom. The van der Waals surface area contributed by atoms with Gasteiger partial charge in [0.1, 0.15) is 11.5 Å². The number of hydrogen-bond acceptors (Lipinski definition) is 1. The van der Waals surface area contributed by atoms with E-state index < -0.39 is 0 Å². The molecule has 0 aliphatic carbocycles. The molecule has 0 unspecified atom stereocenters. The molecule has 0 radical (unpaired) electrons. The van der Waals surface area contributed by atoms with E-state index in [1.807, 2.05) is 60.7 Å². The van der Waals surface area contributed by atoms with E-state index in [0.717, 1.165) is 22.9 Å².